The maximum absolute atomic E-state index is 12.9. The third kappa shape index (κ3) is 4.64. The third-order valence-electron chi connectivity index (χ3n) is 5.55. The van der Waals surface area contributed by atoms with Crippen LogP contribution >= 0.6 is 0 Å². The Kier molecular flexibility index (Phi) is 6.01. The Morgan fingerprint density at radius 1 is 1.21 bits per heavy atom. The molecule has 176 valence electrons. The zero-order valence-corrected chi connectivity index (χ0v) is 19.3. The molecule has 10 heteroatoms. The van der Waals surface area contributed by atoms with Gasteiger partial charge in [-0.15, -0.1) is 0 Å². The fourth-order valence-electron chi connectivity index (χ4n) is 4.09. The molecule has 0 bridgehead atoms. The summed E-state index contributed by atoms with van der Waals surface area (Å²) in [6, 6.07) is 5.51. The lowest BCUT2D eigenvalue weighted by molar-refractivity contribution is 0.0188. The molecule has 1 fully saturated rings. The molecule has 0 saturated carbocycles. The molecule has 1 aliphatic rings. The van der Waals surface area contributed by atoms with Crippen LogP contribution in [0.15, 0.2) is 35.4 Å². The highest BCUT2D eigenvalue weighted by atomic mass is 16.6. The molecule has 1 saturated heterocycles. The van der Waals surface area contributed by atoms with Gasteiger partial charge in [0.15, 0.2) is 0 Å². The summed E-state index contributed by atoms with van der Waals surface area (Å²) in [5, 5.41) is 4.28. The van der Waals surface area contributed by atoms with E-state index in [1.54, 1.807) is 27.3 Å². The molecule has 33 heavy (non-hydrogen) atoms. The van der Waals surface area contributed by atoms with Crippen LogP contribution in [0.2, 0.25) is 0 Å². The summed E-state index contributed by atoms with van der Waals surface area (Å²) in [5.74, 6) is -0.446. The van der Waals surface area contributed by atoms with Crippen molar-refractivity contribution in [2.24, 2.45) is 0 Å². The standard InChI is InChI=1S/C23H29N5O5/c1-5-32-20(29)15-13-24-27(14-15)17-7-6-8-18-19(17)25-21(30)28(18)16-9-11-26(12-10-16)22(31)33-23(2,3)4/h6-8,13-14,16H,5,9-12H2,1-4H3,(H,25,30). The molecule has 2 aromatic heterocycles. The van der Waals surface area contributed by atoms with Crippen molar-refractivity contribution in [2.75, 3.05) is 19.7 Å². The lowest BCUT2D eigenvalue weighted by Crippen LogP contribution is -2.43. The van der Waals surface area contributed by atoms with Crippen LogP contribution in [0.1, 0.15) is 56.9 Å². The summed E-state index contributed by atoms with van der Waals surface area (Å²) in [6.07, 6.45) is 3.99. The number of amides is 1. The predicted octanol–water partition coefficient (Wildman–Crippen LogP) is 3.26. The number of carbonyl (C=O) groups excluding carboxylic acids is 2. The molecule has 1 aromatic carbocycles. The van der Waals surface area contributed by atoms with Crippen molar-refractivity contribution < 1.29 is 19.1 Å². The highest BCUT2D eigenvalue weighted by molar-refractivity contribution is 5.89. The number of para-hydroxylation sites is 1. The second-order valence-corrected chi connectivity index (χ2v) is 9.06. The van der Waals surface area contributed by atoms with Crippen molar-refractivity contribution in [3.05, 3.63) is 46.6 Å². The van der Waals surface area contributed by atoms with E-state index in [2.05, 4.69) is 10.1 Å². The molecule has 10 nitrogen and oxygen atoms in total. The monoisotopic (exact) mass is 455 g/mol. The summed E-state index contributed by atoms with van der Waals surface area (Å²) >= 11 is 0. The van der Waals surface area contributed by atoms with E-state index < -0.39 is 11.6 Å². The number of carbonyl (C=O) groups is 2. The second-order valence-electron chi connectivity index (χ2n) is 9.06. The topological polar surface area (TPSA) is 111 Å². The first-order valence-electron chi connectivity index (χ1n) is 11.1. The molecule has 1 N–H and O–H groups in total. The van der Waals surface area contributed by atoms with Gasteiger partial charge in [-0.25, -0.2) is 19.1 Å². The first-order chi connectivity index (χ1) is 15.7. The number of aromatic nitrogens is 4. The number of aromatic amines is 1. The molecule has 0 unspecified atom stereocenters. The number of likely N-dealkylation sites (tertiary alicyclic amines) is 1. The number of rotatable bonds is 4. The summed E-state index contributed by atoms with van der Waals surface area (Å²) in [7, 11) is 0. The number of ether oxygens (including phenoxy) is 2. The summed E-state index contributed by atoms with van der Waals surface area (Å²) in [6.45, 7) is 8.58. The Labute approximate surface area is 191 Å². The van der Waals surface area contributed by atoms with E-state index in [1.807, 2.05) is 39.0 Å². The third-order valence-corrected chi connectivity index (χ3v) is 5.55. The van der Waals surface area contributed by atoms with Crippen molar-refractivity contribution >= 4 is 23.1 Å². The molecule has 3 heterocycles. The first-order valence-corrected chi connectivity index (χ1v) is 11.1. The molecule has 0 radical (unpaired) electrons. The number of imidazole rings is 1. The van der Waals surface area contributed by atoms with E-state index in [4.69, 9.17) is 9.47 Å². The van der Waals surface area contributed by atoms with Crippen LogP contribution in [0.25, 0.3) is 16.7 Å². The van der Waals surface area contributed by atoms with Gasteiger partial charge in [0, 0.05) is 25.3 Å². The molecule has 0 atom stereocenters. The van der Waals surface area contributed by atoms with Gasteiger partial charge in [-0.2, -0.15) is 5.10 Å². The van der Waals surface area contributed by atoms with E-state index >= 15 is 0 Å². The zero-order valence-electron chi connectivity index (χ0n) is 19.3. The highest BCUT2D eigenvalue weighted by Crippen LogP contribution is 2.28. The smallest absolute Gasteiger partial charge is 0.410 e. The van der Waals surface area contributed by atoms with Crippen molar-refractivity contribution in [1.29, 1.82) is 0 Å². The van der Waals surface area contributed by atoms with Gasteiger partial charge in [-0.1, -0.05) is 6.07 Å². The van der Waals surface area contributed by atoms with Gasteiger partial charge in [-0.05, 0) is 52.7 Å². The zero-order chi connectivity index (χ0) is 23.8. The van der Waals surface area contributed by atoms with Crippen LogP contribution < -0.4 is 5.69 Å². The minimum absolute atomic E-state index is 0.0482. The molecule has 3 aromatic rings. The van der Waals surface area contributed by atoms with E-state index in [0.29, 0.717) is 42.7 Å². The van der Waals surface area contributed by atoms with Crippen LogP contribution in [-0.2, 0) is 9.47 Å². The van der Waals surface area contributed by atoms with Crippen LogP contribution in [0.5, 0.6) is 0 Å². The Morgan fingerprint density at radius 3 is 2.61 bits per heavy atom. The lowest BCUT2D eigenvalue weighted by atomic mass is 10.0. The van der Waals surface area contributed by atoms with Crippen molar-refractivity contribution in [1.82, 2.24) is 24.2 Å². The molecule has 1 aliphatic heterocycles. The Hall–Kier alpha value is -3.56. The average Bonchev–Trinajstić information content (AvgIpc) is 3.37. The molecular formula is C23H29N5O5. The number of H-pyrrole nitrogens is 1. The molecule has 0 spiro atoms. The Balaban J connectivity index is 1.58. The van der Waals surface area contributed by atoms with Crippen molar-refractivity contribution in [3.8, 4) is 5.69 Å². The van der Waals surface area contributed by atoms with E-state index in [1.165, 1.54) is 6.20 Å². The van der Waals surface area contributed by atoms with Gasteiger partial charge in [0.25, 0.3) is 0 Å². The minimum atomic E-state index is -0.544. The maximum Gasteiger partial charge on any atom is 0.410 e. The fourth-order valence-corrected chi connectivity index (χ4v) is 4.09. The number of fused-ring (bicyclic) bond motifs is 1. The molecule has 0 aliphatic carbocycles. The molecular weight excluding hydrogens is 426 g/mol. The van der Waals surface area contributed by atoms with Crippen molar-refractivity contribution in [3.63, 3.8) is 0 Å². The van der Waals surface area contributed by atoms with Gasteiger partial charge in [-0.3, -0.25) is 4.57 Å². The number of piperidine rings is 1. The molecule has 4 rings (SSSR count). The number of hydrogen-bond acceptors (Lipinski definition) is 6. The quantitative estimate of drug-likeness (QED) is 0.605. The van der Waals surface area contributed by atoms with Crippen LogP contribution in [-0.4, -0.2) is 61.6 Å². The van der Waals surface area contributed by atoms with Crippen molar-refractivity contribution in [2.45, 2.75) is 52.2 Å². The van der Waals surface area contributed by atoms with Gasteiger partial charge >= 0.3 is 17.8 Å². The Morgan fingerprint density at radius 2 is 1.94 bits per heavy atom. The fraction of sp³-hybridized carbons (Fsp3) is 0.478. The number of benzene rings is 1. The minimum Gasteiger partial charge on any atom is -0.462 e. The number of esters is 1. The Bertz CT molecular complexity index is 1220. The highest BCUT2D eigenvalue weighted by Gasteiger charge is 2.29. The summed E-state index contributed by atoms with van der Waals surface area (Å²) < 4.78 is 13.8. The normalized spacial score (nSPS) is 15.1. The van der Waals surface area contributed by atoms with E-state index in [9.17, 15) is 14.4 Å². The summed E-state index contributed by atoms with van der Waals surface area (Å²) in [4.78, 5) is 41.9. The predicted molar refractivity (Wildman–Crippen MR) is 122 cm³/mol. The van der Waals surface area contributed by atoms with Crippen LogP contribution in [0.3, 0.4) is 0 Å². The number of hydrogen-bond donors (Lipinski definition) is 1. The lowest BCUT2D eigenvalue weighted by Gasteiger charge is -2.33. The first kappa shape index (κ1) is 22.6. The van der Waals surface area contributed by atoms with Crippen LogP contribution in [0, 0.1) is 0 Å². The van der Waals surface area contributed by atoms with Gasteiger partial charge in [0.05, 0.1) is 35.1 Å². The van der Waals surface area contributed by atoms with Gasteiger partial charge in [0.1, 0.15) is 5.60 Å². The largest absolute Gasteiger partial charge is 0.462 e. The van der Waals surface area contributed by atoms with Crippen LogP contribution in [0.4, 0.5) is 4.79 Å². The summed E-state index contributed by atoms with van der Waals surface area (Å²) in [5.41, 5.74) is 1.62. The maximum atomic E-state index is 12.9. The number of nitrogens with one attached hydrogen (secondary N) is 1. The van der Waals surface area contributed by atoms with E-state index in [-0.39, 0.29) is 24.4 Å². The van der Waals surface area contributed by atoms with Gasteiger partial charge in [0.2, 0.25) is 0 Å². The number of nitrogens with zero attached hydrogens (tertiary/aromatic N) is 4. The molecule has 1 amide bonds. The van der Waals surface area contributed by atoms with E-state index in [0.717, 1.165) is 5.52 Å². The van der Waals surface area contributed by atoms with Gasteiger partial charge < -0.3 is 19.4 Å². The SMILES string of the molecule is CCOC(=O)c1cnn(-c2cccc3c2[nH]c(=O)n3C2CCN(C(=O)OC(C)(C)C)CC2)c1. The average molecular weight is 456 g/mol. The second kappa shape index (κ2) is 8.76.